The van der Waals surface area contributed by atoms with E-state index in [9.17, 15) is 0 Å². The van der Waals surface area contributed by atoms with E-state index in [1.807, 2.05) is 18.2 Å². The maximum absolute atomic E-state index is 4.73. The Balaban J connectivity index is 1.59. The van der Waals surface area contributed by atoms with Gasteiger partial charge >= 0.3 is 0 Å². The second-order valence-electron chi connectivity index (χ2n) is 14.2. The highest BCUT2D eigenvalue weighted by atomic mass is 15.4. The number of hydrogen-bond donors (Lipinski definition) is 0. The Hall–Kier alpha value is -5.14. The molecule has 7 nitrogen and oxygen atoms in total. The van der Waals surface area contributed by atoms with Crippen LogP contribution in [0.1, 0.15) is 52.7 Å². The number of rotatable bonds is 4. The lowest BCUT2D eigenvalue weighted by Gasteiger charge is -2.32. The number of benzene rings is 3. The Labute approximate surface area is 270 Å². The van der Waals surface area contributed by atoms with E-state index in [0.717, 1.165) is 39.5 Å². The van der Waals surface area contributed by atoms with Gasteiger partial charge in [-0.2, -0.15) is 0 Å². The standard InChI is InChI=1S/C39H38N7/c1-38(2,3)25-8-10-35-28(18-25)29-19-26(39(4,5)6)9-11-36(29)46(35,7)27-20-30(32-12-15-40-22-43-32)37(34-14-17-42-24-45-34)31(21-27)33-13-16-41-23-44-33/h8-24H,1-7H3/q+1. The number of aromatic nitrogens is 6. The topological polar surface area (TPSA) is 77.3 Å². The fraction of sp³-hybridized carbons (Fsp3) is 0.231. The molecule has 6 aromatic rings. The van der Waals surface area contributed by atoms with Crippen molar-refractivity contribution in [1.29, 1.82) is 0 Å². The molecular weight excluding hydrogens is 566 g/mol. The fourth-order valence-electron chi connectivity index (χ4n) is 6.53. The minimum absolute atomic E-state index is 0.0162. The van der Waals surface area contributed by atoms with Gasteiger partial charge in [0.1, 0.15) is 24.7 Å². The van der Waals surface area contributed by atoms with Crippen molar-refractivity contribution in [2.45, 2.75) is 52.4 Å². The highest BCUT2D eigenvalue weighted by Crippen LogP contribution is 2.59. The highest BCUT2D eigenvalue weighted by Gasteiger charge is 2.44. The third-order valence-corrected chi connectivity index (χ3v) is 9.17. The Morgan fingerprint density at radius 1 is 0.478 bits per heavy atom. The molecule has 0 saturated heterocycles. The van der Waals surface area contributed by atoms with Crippen molar-refractivity contribution in [3.8, 4) is 44.9 Å². The molecule has 3 aromatic heterocycles. The van der Waals surface area contributed by atoms with Crippen LogP contribution in [-0.4, -0.2) is 37.0 Å². The Morgan fingerprint density at radius 2 is 0.891 bits per heavy atom. The fourth-order valence-corrected chi connectivity index (χ4v) is 6.53. The van der Waals surface area contributed by atoms with Gasteiger partial charge in [0, 0.05) is 70.7 Å². The van der Waals surface area contributed by atoms with Crippen molar-refractivity contribution >= 4 is 17.1 Å². The van der Waals surface area contributed by atoms with Gasteiger partial charge in [0.05, 0.1) is 24.1 Å². The summed E-state index contributed by atoms with van der Waals surface area (Å²) in [6.45, 7) is 13.7. The van der Waals surface area contributed by atoms with Gasteiger partial charge < -0.3 is 0 Å². The lowest BCUT2D eigenvalue weighted by atomic mass is 9.83. The van der Waals surface area contributed by atoms with Crippen molar-refractivity contribution in [3.63, 3.8) is 0 Å². The van der Waals surface area contributed by atoms with Gasteiger partial charge in [0.2, 0.25) is 0 Å². The molecule has 7 heteroatoms. The van der Waals surface area contributed by atoms with Crippen molar-refractivity contribution < 1.29 is 0 Å². The first-order valence-electron chi connectivity index (χ1n) is 15.6. The highest BCUT2D eigenvalue weighted by molar-refractivity contribution is 6.01. The molecule has 0 fully saturated rings. The van der Waals surface area contributed by atoms with Crippen LogP contribution in [0.5, 0.6) is 0 Å². The first-order chi connectivity index (χ1) is 22.0. The molecule has 0 unspecified atom stereocenters. The van der Waals surface area contributed by atoms with E-state index in [1.165, 1.54) is 33.6 Å². The minimum atomic E-state index is 0.0162. The molecular formula is C39H38N7+. The zero-order valence-electron chi connectivity index (χ0n) is 27.4. The van der Waals surface area contributed by atoms with Crippen LogP contribution in [0.3, 0.4) is 0 Å². The van der Waals surface area contributed by atoms with Crippen molar-refractivity contribution in [1.82, 2.24) is 34.4 Å². The molecule has 1 aliphatic heterocycles. The van der Waals surface area contributed by atoms with Crippen LogP contribution in [0.25, 0.3) is 44.9 Å². The van der Waals surface area contributed by atoms with Crippen LogP contribution < -0.4 is 4.48 Å². The zero-order chi connectivity index (χ0) is 32.3. The van der Waals surface area contributed by atoms with Crippen molar-refractivity contribution in [3.05, 3.63) is 115 Å². The predicted molar refractivity (Wildman–Crippen MR) is 186 cm³/mol. The Morgan fingerprint density at radius 3 is 1.26 bits per heavy atom. The molecule has 0 saturated carbocycles. The number of hydrogen-bond acceptors (Lipinski definition) is 6. The molecule has 7 rings (SSSR count). The summed E-state index contributed by atoms with van der Waals surface area (Å²) < 4.78 is 0.486. The summed E-state index contributed by atoms with van der Waals surface area (Å²) in [6.07, 6.45) is 10.1. The third-order valence-electron chi connectivity index (χ3n) is 9.17. The molecule has 0 bridgehead atoms. The van der Waals surface area contributed by atoms with Gasteiger partial charge in [-0.15, -0.1) is 0 Å². The largest absolute Gasteiger partial charge is 0.245 e. The lowest BCUT2D eigenvalue weighted by Crippen LogP contribution is -2.32. The van der Waals surface area contributed by atoms with E-state index in [2.05, 4.69) is 112 Å². The average Bonchev–Trinajstić information content (AvgIpc) is 3.32. The van der Waals surface area contributed by atoms with Crippen LogP contribution in [0, 0.1) is 0 Å². The summed E-state index contributed by atoms with van der Waals surface area (Å²) in [7, 11) is 2.30. The molecule has 0 amide bonds. The normalized spacial score (nSPS) is 13.7. The van der Waals surface area contributed by atoms with E-state index in [1.54, 1.807) is 37.6 Å². The summed E-state index contributed by atoms with van der Waals surface area (Å²) in [6, 6.07) is 24.4. The summed E-state index contributed by atoms with van der Waals surface area (Å²) in [5, 5.41) is 0. The molecule has 1 aliphatic rings. The zero-order valence-corrected chi connectivity index (χ0v) is 27.4. The van der Waals surface area contributed by atoms with Gasteiger partial charge in [-0.25, -0.2) is 34.4 Å². The van der Waals surface area contributed by atoms with Crippen LogP contribution >= 0.6 is 0 Å². The first kappa shape index (κ1) is 29.6. The molecule has 0 N–H and O–H groups in total. The van der Waals surface area contributed by atoms with E-state index >= 15 is 0 Å². The van der Waals surface area contributed by atoms with Gasteiger partial charge in [-0.1, -0.05) is 53.7 Å². The Bertz CT molecular complexity index is 1940. The van der Waals surface area contributed by atoms with Gasteiger partial charge in [-0.3, -0.25) is 0 Å². The SMILES string of the molecule is CC(C)(C)c1ccc2c(c1)-c1cc(C(C)(C)C)ccc1[N+]2(C)c1cc(-c2ccncn2)c(-c2ccncn2)c(-c2ccncn2)c1. The lowest BCUT2D eigenvalue weighted by molar-refractivity contribution is 0.588. The average molecular weight is 605 g/mol. The summed E-state index contributed by atoms with van der Waals surface area (Å²) in [5.41, 5.74) is 14.0. The summed E-state index contributed by atoms with van der Waals surface area (Å²) >= 11 is 0. The second kappa shape index (κ2) is 10.7. The summed E-state index contributed by atoms with van der Waals surface area (Å²) in [4.78, 5) is 26.8. The number of fused-ring (bicyclic) bond motifs is 3. The molecule has 3 aromatic carbocycles. The molecule has 0 atom stereocenters. The number of quaternary nitrogens is 1. The van der Waals surface area contributed by atoms with Crippen molar-refractivity contribution in [2.24, 2.45) is 0 Å². The Kier molecular flexibility index (Phi) is 6.90. The molecule has 0 spiro atoms. The van der Waals surface area contributed by atoms with E-state index in [0.29, 0.717) is 4.48 Å². The van der Waals surface area contributed by atoms with Crippen LogP contribution in [-0.2, 0) is 10.8 Å². The smallest absolute Gasteiger partial charge is 0.150 e. The van der Waals surface area contributed by atoms with E-state index in [-0.39, 0.29) is 10.8 Å². The molecule has 4 heterocycles. The molecule has 46 heavy (non-hydrogen) atoms. The number of nitrogens with zero attached hydrogens (tertiary/aromatic N) is 7. The van der Waals surface area contributed by atoms with E-state index in [4.69, 9.17) is 15.0 Å². The molecule has 0 radical (unpaired) electrons. The quantitative estimate of drug-likeness (QED) is 0.187. The third kappa shape index (κ3) is 4.88. The van der Waals surface area contributed by atoms with Crippen LogP contribution in [0.15, 0.2) is 104 Å². The maximum atomic E-state index is 4.73. The van der Waals surface area contributed by atoms with Gasteiger partial charge in [0.25, 0.3) is 0 Å². The molecule has 0 aliphatic carbocycles. The second-order valence-corrected chi connectivity index (χ2v) is 14.2. The van der Waals surface area contributed by atoms with Crippen LogP contribution in [0.4, 0.5) is 17.1 Å². The van der Waals surface area contributed by atoms with Gasteiger partial charge in [0.15, 0.2) is 11.4 Å². The first-order valence-corrected chi connectivity index (χ1v) is 15.6. The monoisotopic (exact) mass is 604 g/mol. The van der Waals surface area contributed by atoms with Crippen molar-refractivity contribution in [2.75, 3.05) is 7.05 Å². The summed E-state index contributed by atoms with van der Waals surface area (Å²) in [5.74, 6) is 0. The van der Waals surface area contributed by atoms with Gasteiger partial charge in [-0.05, 0) is 52.3 Å². The molecule has 228 valence electrons. The van der Waals surface area contributed by atoms with E-state index < -0.39 is 0 Å². The minimum Gasteiger partial charge on any atom is -0.245 e. The maximum Gasteiger partial charge on any atom is 0.150 e. The van der Waals surface area contributed by atoms with Crippen LogP contribution in [0.2, 0.25) is 0 Å². The predicted octanol–water partition coefficient (Wildman–Crippen LogP) is 9.23.